The molecule has 0 bridgehead atoms. The summed E-state index contributed by atoms with van der Waals surface area (Å²) >= 11 is 0. The van der Waals surface area contributed by atoms with Crippen molar-refractivity contribution in [2.45, 2.75) is 64.5 Å². The minimum absolute atomic E-state index is 0.262. The van der Waals surface area contributed by atoms with Crippen LogP contribution in [0.4, 0.5) is 0 Å². The van der Waals surface area contributed by atoms with Crippen molar-refractivity contribution in [2.24, 2.45) is 0 Å². The van der Waals surface area contributed by atoms with Crippen LogP contribution in [0, 0.1) is 0 Å². The van der Waals surface area contributed by atoms with Crippen LogP contribution in [0.2, 0.25) is 0 Å². The average Bonchev–Trinajstić information content (AvgIpc) is 3.09. The molecule has 1 fully saturated rings. The van der Waals surface area contributed by atoms with E-state index in [1.807, 2.05) is 0 Å². The highest BCUT2D eigenvalue weighted by Crippen LogP contribution is 2.26. The summed E-state index contributed by atoms with van der Waals surface area (Å²) in [6, 6.07) is 0.868. The van der Waals surface area contributed by atoms with E-state index in [1.165, 1.54) is 38.6 Å². The van der Waals surface area contributed by atoms with Crippen molar-refractivity contribution < 1.29 is 4.74 Å². The van der Waals surface area contributed by atoms with E-state index in [0.717, 1.165) is 25.7 Å². The van der Waals surface area contributed by atoms with Crippen LogP contribution < -0.4 is 5.32 Å². The topological polar surface area (TPSA) is 24.5 Å². The van der Waals surface area contributed by atoms with Crippen LogP contribution in [0.15, 0.2) is 0 Å². The third-order valence-electron chi connectivity index (χ3n) is 3.42. The first-order valence-electron chi connectivity index (χ1n) is 7.51. The van der Waals surface area contributed by atoms with Crippen molar-refractivity contribution in [2.75, 3.05) is 33.4 Å². The Bertz CT molecular complexity index is 209. The van der Waals surface area contributed by atoms with E-state index in [0.29, 0.717) is 0 Å². The number of hydrogen-bond donors (Lipinski definition) is 1. The van der Waals surface area contributed by atoms with E-state index in [9.17, 15) is 0 Å². The Morgan fingerprint density at radius 3 is 2.39 bits per heavy atom. The predicted molar refractivity (Wildman–Crippen MR) is 78.1 cm³/mol. The fraction of sp³-hybridized carbons (Fsp3) is 1.00. The predicted octanol–water partition coefficient (Wildman–Crippen LogP) is 2.66. The van der Waals surface area contributed by atoms with Crippen molar-refractivity contribution in [3.05, 3.63) is 0 Å². The highest BCUT2D eigenvalue weighted by Gasteiger charge is 2.27. The van der Waals surface area contributed by atoms with Crippen molar-refractivity contribution in [3.8, 4) is 0 Å². The van der Waals surface area contributed by atoms with Crippen LogP contribution in [0.5, 0.6) is 0 Å². The zero-order valence-corrected chi connectivity index (χ0v) is 12.8. The number of ether oxygens (including phenoxy) is 1. The number of rotatable bonds is 10. The van der Waals surface area contributed by atoms with Crippen LogP contribution >= 0.6 is 0 Å². The average molecular weight is 256 g/mol. The highest BCUT2D eigenvalue weighted by molar-refractivity contribution is 4.84. The van der Waals surface area contributed by atoms with Gasteiger partial charge in [-0.3, -0.25) is 4.90 Å². The summed E-state index contributed by atoms with van der Waals surface area (Å²) in [5.41, 5.74) is 0.262. The molecule has 0 aromatic rings. The van der Waals surface area contributed by atoms with Crippen LogP contribution in [0.1, 0.15) is 52.9 Å². The van der Waals surface area contributed by atoms with Gasteiger partial charge in [-0.25, -0.2) is 0 Å². The summed E-state index contributed by atoms with van der Waals surface area (Å²) in [7, 11) is 1.79. The molecular formula is C15H32N2O. The van der Waals surface area contributed by atoms with Crippen molar-refractivity contribution >= 4 is 0 Å². The summed E-state index contributed by atoms with van der Waals surface area (Å²) in [5, 5.41) is 3.55. The van der Waals surface area contributed by atoms with E-state index < -0.39 is 0 Å². The monoisotopic (exact) mass is 256 g/mol. The standard InChI is InChI=1S/C15H32N2O/c1-15(2,3)16-10-6-5-7-11-17(12-13-18-4)14-8-9-14/h14,16H,5-13H2,1-4H3. The fourth-order valence-electron chi connectivity index (χ4n) is 2.21. The van der Waals surface area contributed by atoms with Crippen LogP contribution in [-0.2, 0) is 4.74 Å². The Labute approximate surface area is 113 Å². The van der Waals surface area contributed by atoms with Gasteiger partial charge in [-0.2, -0.15) is 0 Å². The maximum absolute atomic E-state index is 5.18. The highest BCUT2D eigenvalue weighted by atomic mass is 16.5. The minimum atomic E-state index is 0.262. The van der Waals surface area contributed by atoms with Crippen molar-refractivity contribution in [1.29, 1.82) is 0 Å². The first-order valence-corrected chi connectivity index (χ1v) is 7.51. The molecule has 0 spiro atoms. The number of nitrogens with zero attached hydrogens (tertiary/aromatic N) is 1. The molecule has 0 aliphatic heterocycles. The van der Waals surface area contributed by atoms with Gasteiger partial charge in [0.25, 0.3) is 0 Å². The van der Waals surface area contributed by atoms with E-state index in [2.05, 4.69) is 31.0 Å². The number of methoxy groups -OCH3 is 1. The summed E-state index contributed by atoms with van der Waals surface area (Å²) in [4.78, 5) is 2.61. The molecule has 1 N–H and O–H groups in total. The molecule has 0 amide bonds. The SMILES string of the molecule is COCCN(CCCCCNC(C)(C)C)C1CC1. The van der Waals surface area contributed by atoms with E-state index in [4.69, 9.17) is 4.74 Å². The smallest absolute Gasteiger partial charge is 0.0589 e. The molecular weight excluding hydrogens is 224 g/mol. The molecule has 1 aliphatic carbocycles. The fourth-order valence-corrected chi connectivity index (χ4v) is 2.21. The zero-order valence-electron chi connectivity index (χ0n) is 12.8. The molecule has 1 aliphatic rings. The molecule has 0 aromatic carbocycles. The lowest BCUT2D eigenvalue weighted by Crippen LogP contribution is -2.36. The summed E-state index contributed by atoms with van der Waals surface area (Å²) in [6.45, 7) is 11.1. The zero-order chi connectivity index (χ0) is 13.4. The third-order valence-corrected chi connectivity index (χ3v) is 3.42. The second kappa shape index (κ2) is 8.13. The van der Waals surface area contributed by atoms with Gasteiger partial charge in [-0.1, -0.05) is 6.42 Å². The van der Waals surface area contributed by atoms with Gasteiger partial charge in [0.1, 0.15) is 0 Å². The van der Waals surface area contributed by atoms with Gasteiger partial charge in [-0.05, 0) is 59.5 Å². The molecule has 0 unspecified atom stereocenters. The van der Waals surface area contributed by atoms with Crippen LogP contribution in [-0.4, -0.2) is 49.8 Å². The largest absolute Gasteiger partial charge is 0.383 e. The number of unbranched alkanes of at least 4 members (excludes halogenated alkanes) is 2. The molecule has 1 rings (SSSR count). The van der Waals surface area contributed by atoms with Gasteiger partial charge in [0.15, 0.2) is 0 Å². The Hall–Kier alpha value is -0.120. The Balaban J connectivity index is 1.98. The van der Waals surface area contributed by atoms with Gasteiger partial charge >= 0.3 is 0 Å². The molecule has 0 atom stereocenters. The van der Waals surface area contributed by atoms with Crippen LogP contribution in [0.25, 0.3) is 0 Å². The van der Waals surface area contributed by atoms with Crippen LogP contribution in [0.3, 0.4) is 0 Å². The molecule has 3 heteroatoms. The van der Waals surface area contributed by atoms with Gasteiger partial charge < -0.3 is 10.1 Å². The van der Waals surface area contributed by atoms with E-state index >= 15 is 0 Å². The Kier molecular flexibility index (Phi) is 7.20. The molecule has 18 heavy (non-hydrogen) atoms. The van der Waals surface area contributed by atoms with E-state index in [1.54, 1.807) is 7.11 Å². The lowest BCUT2D eigenvalue weighted by atomic mass is 10.1. The lowest BCUT2D eigenvalue weighted by Gasteiger charge is -2.22. The van der Waals surface area contributed by atoms with Gasteiger partial charge in [0, 0.05) is 25.2 Å². The van der Waals surface area contributed by atoms with Crippen molar-refractivity contribution in [3.63, 3.8) is 0 Å². The maximum Gasteiger partial charge on any atom is 0.0589 e. The Morgan fingerprint density at radius 2 is 1.83 bits per heavy atom. The Morgan fingerprint density at radius 1 is 1.11 bits per heavy atom. The second-order valence-corrected chi connectivity index (χ2v) is 6.50. The molecule has 0 heterocycles. The second-order valence-electron chi connectivity index (χ2n) is 6.50. The molecule has 3 nitrogen and oxygen atoms in total. The summed E-state index contributed by atoms with van der Waals surface area (Å²) in [6.07, 6.45) is 6.75. The van der Waals surface area contributed by atoms with Gasteiger partial charge in [0.2, 0.25) is 0 Å². The normalized spacial score (nSPS) is 16.5. The lowest BCUT2D eigenvalue weighted by molar-refractivity contribution is 0.142. The van der Waals surface area contributed by atoms with Gasteiger partial charge in [-0.15, -0.1) is 0 Å². The third kappa shape index (κ3) is 8.06. The first-order chi connectivity index (χ1) is 8.53. The summed E-state index contributed by atoms with van der Waals surface area (Å²) < 4.78 is 5.18. The first kappa shape index (κ1) is 15.9. The molecule has 0 aromatic heterocycles. The van der Waals surface area contributed by atoms with E-state index in [-0.39, 0.29) is 5.54 Å². The van der Waals surface area contributed by atoms with Crippen molar-refractivity contribution in [1.82, 2.24) is 10.2 Å². The molecule has 108 valence electrons. The molecule has 1 saturated carbocycles. The molecule has 0 radical (unpaired) electrons. The minimum Gasteiger partial charge on any atom is -0.383 e. The number of hydrogen-bond acceptors (Lipinski definition) is 3. The maximum atomic E-state index is 5.18. The molecule has 0 saturated heterocycles. The quantitative estimate of drug-likeness (QED) is 0.608. The van der Waals surface area contributed by atoms with Gasteiger partial charge in [0.05, 0.1) is 6.61 Å². The number of nitrogens with one attached hydrogen (secondary N) is 1. The summed E-state index contributed by atoms with van der Waals surface area (Å²) in [5.74, 6) is 0.